The molecule has 1 aromatic rings. The van der Waals surface area contributed by atoms with Crippen molar-refractivity contribution in [3.8, 4) is 0 Å². The van der Waals surface area contributed by atoms with Crippen molar-refractivity contribution in [2.75, 3.05) is 0 Å². The number of aryl methyl sites for hydroxylation is 1. The van der Waals surface area contributed by atoms with Gasteiger partial charge >= 0.3 is 5.97 Å². The van der Waals surface area contributed by atoms with Crippen LogP contribution in [-0.4, -0.2) is 11.1 Å². The van der Waals surface area contributed by atoms with E-state index in [1.165, 1.54) is 5.56 Å². The maximum Gasteiger partial charge on any atom is 0.314 e. The Bertz CT molecular complexity index is 403. The lowest BCUT2D eigenvalue weighted by Crippen LogP contribution is -2.42. The van der Waals surface area contributed by atoms with Crippen molar-refractivity contribution in [1.82, 2.24) is 0 Å². The van der Waals surface area contributed by atoms with Gasteiger partial charge in [0.1, 0.15) is 0 Å². The number of hydrogen-bond donors (Lipinski definition) is 1. The second-order valence-electron chi connectivity index (χ2n) is 4.49. The monoisotopic (exact) mass is 204 g/mol. The zero-order valence-electron chi connectivity index (χ0n) is 9.21. The number of carbonyl (C=O) groups is 1. The van der Waals surface area contributed by atoms with Crippen molar-refractivity contribution in [2.24, 2.45) is 0 Å². The van der Waals surface area contributed by atoms with Crippen molar-refractivity contribution < 1.29 is 9.90 Å². The fraction of sp³-hybridized carbons (Fsp3) is 0.462. The van der Waals surface area contributed by atoms with Crippen LogP contribution < -0.4 is 0 Å². The molecule has 0 heterocycles. The largest absolute Gasteiger partial charge is 0.481 e. The Balaban J connectivity index is 2.53. The molecule has 2 nitrogen and oxygen atoms in total. The smallest absolute Gasteiger partial charge is 0.314 e. The average molecular weight is 204 g/mol. The van der Waals surface area contributed by atoms with E-state index in [1.54, 1.807) is 0 Å². The molecule has 1 aliphatic carbocycles. The van der Waals surface area contributed by atoms with Crippen LogP contribution in [0.25, 0.3) is 0 Å². The molecule has 15 heavy (non-hydrogen) atoms. The van der Waals surface area contributed by atoms with Gasteiger partial charge in [-0.3, -0.25) is 4.79 Å². The highest BCUT2D eigenvalue weighted by molar-refractivity contribution is 5.83. The normalized spacial score (nSPS) is 18.3. The summed E-state index contributed by atoms with van der Waals surface area (Å²) < 4.78 is 0. The summed E-state index contributed by atoms with van der Waals surface area (Å²) in [7, 11) is 0. The van der Waals surface area contributed by atoms with Crippen molar-refractivity contribution in [3.63, 3.8) is 0 Å². The summed E-state index contributed by atoms with van der Waals surface area (Å²) in [5.74, 6) is -0.664. The minimum Gasteiger partial charge on any atom is -0.481 e. The Kier molecular flexibility index (Phi) is 2.29. The number of carboxylic acids is 1. The van der Waals surface area contributed by atoms with Crippen LogP contribution in [0.4, 0.5) is 0 Å². The Hall–Kier alpha value is -1.31. The summed E-state index contributed by atoms with van der Waals surface area (Å²) in [5, 5.41) is 9.35. The number of hydrogen-bond acceptors (Lipinski definition) is 1. The minimum absolute atomic E-state index is 0.587. The number of aliphatic carboxylic acids is 1. The summed E-state index contributed by atoms with van der Waals surface area (Å²) in [6.45, 7) is 4.06. The van der Waals surface area contributed by atoms with Crippen LogP contribution in [0.5, 0.6) is 0 Å². The third kappa shape index (κ3) is 1.36. The van der Waals surface area contributed by atoms with Gasteiger partial charge < -0.3 is 5.11 Å². The van der Waals surface area contributed by atoms with E-state index in [9.17, 15) is 9.90 Å². The van der Waals surface area contributed by atoms with Gasteiger partial charge in [-0.2, -0.15) is 0 Å². The first-order chi connectivity index (χ1) is 7.08. The Morgan fingerprint density at radius 3 is 2.47 bits per heavy atom. The molecule has 80 valence electrons. The van der Waals surface area contributed by atoms with Crippen molar-refractivity contribution in [3.05, 3.63) is 34.9 Å². The SMILES string of the molecule is Cc1cccc(C2(C(=O)O)CCC2)c1C. The third-order valence-electron chi connectivity index (χ3n) is 3.74. The number of rotatable bonds is 2. The van der Waals surface area contributed by atoms with Crippen LogP contribution in [0, 0.1) is 13.8 Å². The topological polar surface area (TPSA) is 37.3 Å². The van der Waals surface area contributed by atoms with E-state index in [1.807, 2.05) is 32.0 Å². The van der Waals surface area contributed by atoms with Crippen LogP contribution in [0.2, 0.25) is 0 Å². The fourth-order valence-corrected chi connectivity index (χ4v) is 2.40. The Morgan fingerprint density at radius 2 is 2.00 bits per heavy atom. The van der Waals surface area contributed by atoms with Gasteiger partial charge in [0.05, 0.1) is 5.41 Å². The van der Waals surface area contributed by atoms with E-state index in [4.69, 9.17) is 0 Å². The highest BCUT2D eigenvalue weighted by Crippen LogP contribution is 2.45. The molecule has 0 unspecified atom stereocenters. The molecule has 0 atom stereocenters. The van der Waals surface area contributed by atoms with Crippen LogP contribution in [0.15, 0.2) is 18.2 Å². The molecule has 0 spiro atoms. The molecule has 0 aromatic heterocycles. The van der Waals surface area contributed by atoms with Crippen molar-refractivity contribution in [1.29, 1.82) is 0 Å². The summed E-state index contributed by atoms with van der Waals surface area (Å²) in [6, 6.07) is 5.96. The molecule has 0 aliphatic heterocycles. The Labute approximate surface area is 89.9 Å². The van der Waals surface area contributed by atoms with Gasteiger partial charge in [0.15, 0.2) is 0 Å². The lowest BCUT2D eigenvalue weighted by molar-refractivity contribution is -0.147. The van der Waals surface area contributed by atoms with E-state index in [-0.39, 0.29) is 0 Å². The molecule has 1 N–H and O–H groups in total. The molecule has 0 radical (unpaired) electrons. The highest BCUT2D eigenvalue weighted by atomic mass is 16.4. The van der Waals surface area contributed by atoms with Gasteiger partial charge in [0, 0.05) is 0 Å². The second-order valence-corrected chi connectivity index (χ2v) is 4.49. The Morgan fingerprint density at radius 1 is 1.33 bits per heavy atom. The van der Waals surface area contributed by atoms with Gasteiger partial charge in [-0.1, -0.05) is 24.6 Å². The van der Waals surface area contributed by atoms with Gasteiger partial charge in [-0.05, 0) is 43.4 Å². The first-order valence-electron chi connectivity index (χ1n) is 5.38. The predicted octanol–water partition coefficient (Wildman–Crippen LogP) is 2.81. The highest BCUT2D eigenvalue weighted by Gasteiger charge is 2.46. The maximum atomic E-state index is 11.4. The number of carboxylic acid groups (broad SMARTS) is 1. The van der Waals surface area contributed by atoms with E-state index in [0.29, 0.717) is 0 Å². The van der Waals surface area contributed by atoms with Crippen LogP contribution in [-0.2, 0) is 10.2 Å². The predicted molar refractivity (Wildman–Crippen MR) is 59.1 cm³/mol. The molecule has 1 aromatic carbocycles. The standard InChI is InChI=1S/C13H16O2/c1-9-5-3-6-11(10(9)2)13(12(14)15)7-4-8-13/h3,5-6H,4,7-8H2,1-2H3,(H,14,15). The van der Waals surface area contributed by atoms with Crippen LogP contribution in [0.1, 0.15) is 36.0 Å². The molecule has 0 amide bonds. The third-order valence-corrected chi connectivity index (χ3v) is 3.74. The molecular formula is C13H16O2. The molecule has 0 saturated heterocycles. The van der Waals surface area contributed by atoms with Crippen molar-refractivity contribution in [2.45, 2.75) is 38.5 Å². The fourth-order valence-electron chi connectivity index (χ4n) is 2.40. The minimum atomic E-state index is -0.664. The zero-order chi connectivity index (χ0) is 11.1. The van der Waals surface area contributed by atoms with Gasteiger partial charge in [-0.15, -0.1) is 0 Å². The molecule has 2 heteroatoms. The molecule has 1 fully saturated rings. The molecule has 0 bridgehead atoms. The molecular weight excluding hydrogens is 188 g/mol. The summed E-state index contributed by atoms with van der Waals surface area (Å²) >= 11 is 0. The summed E-state index contributed by atoms with van der Waals surface area (Å²) in [5.41, 5.74) is 2.75. The lowest BCUT2D eigenvalue weighted by atomic mass is 9.63. The first-order valence-corrected chi connectivity index (χ1v) is 5.38. The van der Waals surface area contributed by atoms with E-state index in [2.05, 4.69) is 0 Å². The van der Waals surface area contributed by atoms with Gasteiger partial charge in [0.2, 0.25) is 0 Å². The average Bonchev–Trinajstić information content (AvgIpc) is 2.09. The molecule has 1 saturated carbocycles. The molecule has 1 aliphatic rings. The van der Waals surface area contributed by atoms with Gasteiger partial charge in [-0.25, -0.2) is 0 Å². The van der Waals surface area contributed by atoms with Crippen LogP contribution in [0.3, 0.4) is 0 Å². The lowest BCUT2D eigenvalue weighted by Gasteiger charge is -2.39. The van der Waals surface area contributed by atoms with Crippen molar-refractivity contribution >= 4 is 5.97 Å². The first kappa shape index (κ1) is 10.2. The van der Waals surface area contributed by atoms with E-state index in [0.717, 1.165) is 30.4 Å². The van der Waals surface area contributed by atoms with E-state index < -0.39 is 11.4 Å². The van der Waals surface area contributed by atoms with E-state index >= 15 is 0 Å². The maximum absolute atomic E-state index is 11.4. The summed E-state index contributed by atoms with van der Waals surface area (Å²) in [4.78, 5) is 11.4. The quantitative estimate of drug-likeness (QED) is 0.804. The molecule has 2 rings (SSSR count). The zero-order valence-corrected chi connectivity index (χ0v) is 9.21. The second kappa shape index (κ2) is 3.37. The number of benzene rings is 1. The van der Waals surface area contributed by atoms with Gasteiger partial charge in [0.25, 0.3) is 0 Å². The van der Waals surface area contributed by atoms with Crippen LogP contribution >= 0.6 is 0 Å². The summed E-state index contributed by atoms with van der Waals surface area (Å²) in [6.07, 6.45) is 2.60.